The molecule has 0 amide bonds. The van der Waals surface area contributed by atoms with Gasteiger partial charge in [-0.05, 0) is 56.5 Å². The van der Waals surface area contributed by atoms with Gasteiger partial charge in [-0.15, -0.1) is 24.0 Å². The molecule has 0 aromatic heterocycles. The third-order valence-electron chi connectivity index (χ3n) is 6.23. The van der Waals surface area contributed by atoms with Crippen LogP contribution in [0.5, 0.6) is 11.5 Å². The van der Waals surface area contributed by atoms with Crippen LogP contribution >= 0.6 is 24.0 Å². The van der Waals surface area contributed by atoms with Crippen LogP contribution in [0.1, 0.15) is 43.7 Å². The molecule has 1 aromatic rings. The molecule has 1 aliphatic carbocycles. The second-order valence-electron chi connectivity index (χ2n) is 8.35. The van der Waals surface area contributed by atoms with Crippen molar-refractivity contribution in [3.8, 4) is 11.5 Å². The maximum Gasteiger partial charge on any atom is 0.191 e. The van der Waals surface area contributed by atoms with E-state index in [9.17, 15) is 0 Å². The van der Waals surface area contributed by atoms with Gasteiger partial charge in [-0.25, -0.2) is 0 Å². The van der Waals surface area contributed by atoms with Gasteiger partial charge in [0.15, 0.2) is 17.5 Å². The van der Waals surface area contributed by atoms with Crippen LogP contribution in [0.3, 0.4) is 0 Å². The Labute approximate surface area is 205 Å². The monoisotopic (exact) mass is 548 g/mol. The largest absolute Gasteiger partial charge is 0.493 e. The highest BCUT2D eigenvalue weighted by molar-refractivity contribution is 14.0. The van der Waals surface area contributed by atoms with E-state index in [-0.39, 0.29) is 30.0 Å². The maximum atomic E-state index is 5.48. The maximum absolute atomic E-state index is 5.48. The van der Waals surface area contributed by atoms with Crippen molar-refractivity contribution in [1.29, 1.82) is 0 Å². The van der Waals surface area contributed by atoms with Gasteiger partial charge in [0.1, 0.15) is 0 Å². The average molecular weight is 549 g/mol. The topological polar surface area (TPSA) is 67.4 Å². The summed E-state index contributed by atoms with van der Waals surface area (Å²) in [6.07, 6.45) is 6.22. The number of aliphatic imine (C=N–C) groups is 1. The zero-order chi connectivity index (χ0) is 22.0. The highest BCUT2D eigenvalue weighted by atomic mass is 127. The Kier molecular flexibility index (Phi) is 12.5. The second kappa shape index (κ2) is 14.0. The summed E-state index contributed by atoms with van der Waals surface area (Å²) in [6.45, 7) is 2.47. The molecule has 178 valence electrons. The summed E-state index contributed by atoms with van der Waals surface area (Å²) in [7, 11) is 11.1. The Balaban J connectivity index is 0.00000480. The number of hydrogen-bond acceptors (Lipinski definition) is 5. The van der Waals surface area contributed by atoms with Crippen molar-refractivity contribution in [3.05, 3.63) is 23.8 Å². The molecule has 7 nitrogen and oxygen atoms in total. The lowest BCUT2D eigenvalue weighted by Gasteiger charge is -2.31. The van der Waals surface area contributed by atoms with E-state index in [4.69, 9.17) is 14.2 Å². The number of hydrogen-bond donors (Lipinski definition) is 2. The van der Waals surface area contributed by atoms with Crippen LogP contribution in [0.15, 0.2) is 23.2 Å². The van der Waals surface area contributed by atoms with Crippen molar-refractivity contribution in [2.24, 2.45) is 10.4 Å². The van der Waals surface area contributed by atoms with Crippen LogP contribution < -0.4 is 20.1 Å². The summed E-state index contributed by atoms with van der Waals surface area (Å²) in [4.78, 5) is 6.64. The van der Waals surface area contributed by atoms with Gasteiger partial charge in [-0.1, -0.05) is 18.9 Å². The smallest absolute Gasteiger partial charge is 0.191 e. The summed E-state index contributed by atoms with van der Waals surface area (Å²) < 4.78 is 16.2. The number of ether oxygens (including phenoxy) is 3. The minimum absolute atomic E-state index is 0. The third-order valence-corrected chi connectivity index (χ3v) is 6.23. The summed E-state index contributed by atoms with van der Waals surface area (Å²) in [5.41, 5.74) is 1.48. The molecule has 0 spiro atoms. The average Bonchev–Trinajstić information content (AvgIpc) is 3.23. The number of rotatable bonds is 11. The molecule has 31 heavy (non-hydrogen) atoms. The second-order valence-corrected chi connectivity index (χ2v) is 8.35. The number of nitrogens with one attached hydrogen (secondary N) is 2. The molecule has 0 aliphatic heterocycles. The van der Waals surface area contributed by atoms with Crippen LogP contribution in [-0.2, 0) is 4.74 Å². The minimum Gasteiger partial charge on any atom is -0.493 e. The lowest BCUT2D eigenvalue weighted by Crippen LogP contribution is -2.45. The molecular weight excluding hydrogens is 507 g/mol. The molecule has 1 aliphatic rings. The Morgan fingerprint density at radius 1 is 1.10 bits per heavy atom. The summed E-state index contributed by atoms with van der Waals surface area (Å²) >= 11 is 0. The van der Waals surface area contributed by atoms with Crippen LogP contribution in [-0.4, -0.2) is 73.0 Å². The van der Waals surface area contributed by atoms with E-state index in [1.807, 2.05) is 19.2 Å². The number of likely N-dealkylation sites (N-methyl/N-ethyl adjacent to an activating group) is 1. The van der Waals surface area contributed by atoms with Crippen molar-refractivity contribution >= 4 is 29.9 Å². The quantitative estimate of drug-likeness (QED) is 0.250. The summed E-state index contributed by atoms with van der Waals surface area (Å²) in [5.74, 6) is 2.32. The third kappa shape index (κ3) is 7.98. The highest BCUT2D eigenvalue weighted by Gasteiger charge is 2.33. The molecular formula is C23H41IN4O3. The normalized spacial score (nSPS) is 16.5. The lowest BCUT2D eigenvalue weighted by molar-refractivity contribution is 0.138. The van der Waals surface area contributed by atoms with Gasteiger partial charge in [0.25, 0.3) is 0 Å². The molecule has 2 N–H and O–H groups in total. The van der Waals surface area contributed by atoms with Gasteiger partial charge < -0.3 is 29.7 Å². The first-order valence-corrected chi connectivity index (χ1v) is 10.8. The fourth-order valence-corrected chi connectivity index (χ4v) is 4.30. The van der Waals surface area contributed by atoms with Gasteiger partial charge in [0.05, 0.1) is 20.3 Å². The van der Waals surface area contributed by atoms with Crippen molar-refractivity contribution < 1.29 is 14.2 Å². The molecule has 0 bridgehead atoms. The molecule has 8 heteroatoms. The zero-order valence-electron chi connectivity index (χ0n) is 20.0. The van der Waals surface area contributed by atoms with E-state index < -0.39 is 0 Å². The molecule has 1 fully saturated rings. The van der Waals surface area contributed by atoms with E-state index in [0.29, 0.717) is 5.41 Å². The molecule has 1 unspecified atom stereocenters. The SMILES string of the molecule is CN=C(NCC(c1ccc(OC)c(OC)c1)N(C)C)NCC1(CCOC)CCCC1.I. The van der Waals surface area contributed by atoms with E-state index in [1.165, 1.54) is 25.7 Å². The van der Waals surface area contributed by atoms with Gasteiger partial charge in [-0.3, -0.25) is 4.99 Å². The van der Waals surface area contributed by atoms with Crippen molar-refractivity contribution in [2.75, 3.05) is 62.2 Å². The Morgan fingerprint density at radius 3 is 2.32 bits per heavy atom. The molecule has 2 rings (SSSR count). The molecule has 0 saturated heterocycles. The van der Waals surface area contributed by atoms with Gasteiger partial charge >= 0.3 is 0 Å². The summed E-state index contributed by atoms with van der Waals surface area (Å²) in [5, 5.41) is 7.07. The number of methoxy groups -OCH3 is 3. The van der Waals surface area contributed by atoms with Crippen molar-refractivity contribution in [2.45, 2.75) is 38.1 Å². The number of guanidine groups is 1. The summed E-state index contributed by atoms with van der Waals surface area (Å²) in [6, 6.07) is 6.25. The first kappa shape index (κ1) is 27.8. The number of nitrogens with zero attached hydrogens (tertiary/aromatic N) is 2. The van der Waals surface area contributed by atoms with Gasteiger partial charge in [-0.2, -0.15) is 0 Å². The predicted octanol–water partition coefficient (Wildman–Crippen LogP) is 3.69. The Bertz CT molecular complexity index is 679. The number of benzene rings is 1. The molecule has 1 aromatic carbocycles. The molecule has 0 radical (unpaired) electrons. The Morgan fingerprint density at radius 2 is 1.77 bits per heavy atom. The van der Waals surface area contributed by atoms with Crippen molar-refractivity contribution in [3.63, 3.8) is 0 Å². The highest BCUT2D eigenvalue weighted by Crippen LogP contribution is 2.40. The predicted molar refractivity (Wildman–Crippen MR) is 138 cm³/mol. The van der Waals surface area contributed by atoms with Gasteiger partial charge in [0.2, 0.25) is 0 Å². The standard InChI is InChI=1S/C23H40N4O3.HI/c1-24-22(26-17-23(13-14-28-4)11-7-8-12-23)25-16-19(27(2)3)18-9-10-20(29-5)21(15-18)30-6;/h9-10,15,19H,7-8,11-14,16-17H2,1-6H3,(H2,24,25,26);1H. The fourth-order valence-electron chi connectivity index (χ4n) is 4.30. The van der Waals surface area contributed by atoms with Crippen molar-refractivity contribution in [1.82, 2.24) is 15.5 Å². The van der Waals surface area contributed by atoms with E-state index >= 15 is 0 Å². The minimum atomic E-state index is 0. The van der Waals surface area contributed by atoms with E-state index in [1.54, 1.807) is 21.3 Å². The van der Waals surface area contributed by atoms with Gasteiger partial charge in [0, 0.05) is 33.9 Å². The van der Waals surface area contributed by atoms with Crippen LogP contribution in [0.25, 0.3) is 0 Å². The van der Waals surface area contributed by atoms with Crippen LogP contribution in [0.2, 0.25) is 0 Å². The van der Waals surface area contributed by atoms with Crippen LogP contribution in [0.4, 0.5) is 0 Å². The van der Waals surface area contributed by atoms with Crippen LogP contribution in [0, 0.1) is 5.41 Å². The number of halogens is 1. The molecule has 1 atom stereocenters. The molecule has 1 saturated carbocycles. The Hall–Kier alpha value is -1.26. The first-order valence-electron chi connectivity index (χ1n) is 10.8. The molecule has 0 heterocycles. The fraction of sp³-hybridized carbons (Fsp3) is 0.696. The van der Waals surface area contributed by atoms with E-state index in [0.717, 1.165) is 49.1 Å². The lowest BCUT2D eigenvalue weighted by atomic mass is 9.83. The van der Waals surface area contributed by atoms with E-state index in [2.05, 4.69) is 40.7 Å². The zero-order valence-corrected chi connectivity index (χ0v) is 22.3. The first-order chi connectivity index (χ1) is 14.5.